The number of rotatable bonds is 5. The number of anilines is 1. The summed E-state index contributed by atoms with van der Waals surface area (Å²) >= 11 is 4.90. The van der Waals surface area contributed by atoms with Crippen LogP contribution >= 0.6 is 27.3 Å². The molecule has 3 aromatic rings. The molecule has 0 bridgehead atoms. The van der Waals surface area contributed by atoms with Crippen LogP contribution in [-0.4, -0.2) is 10.9 Å². The number of nitrogens with one attached hydrogen (secondary N) is 1. The summed E-state index contributed by atoms with van der Waals surface area (Å²) in [7, 11) is 0. The Bertz CT molecular complexity index is 844. The highest BCUT2D eigenvalue weighted by Gasteiger charge is 2.10. The summed E-state index contributed by atoms with van der Waals surface area (Å²) in [5.74, 6) is -0.142. The maximum absolute atomic E-state index is 12.3. The van der Waals surface area contributed by atoms with Crippen molar-refractivity contribution in [2.45, 2.75) is 26.2 Å². The highest BCUT2D eigenvalue weighted by molar-refractivity contribution is 9.10. The van der Waals surface area contributed by atoms with Crippen LogP contribution < -0.4 is 5.32 Å². The minimum absolute atomic E-state index is 0.142. The van der Waals surface area contributed by atoms with E-state index < -0.39 is 0 Å². The average molecular weight is 389 g/mol. The van der Waals surface area contributed by atoms with Crippen LogP contribution in [0.3, 0.4) is 0 Å². The van der Waals surface area contributed by atoms with Crippen molar-refractivity contribution in [1.29, 1.82) is 0 Å². The lowest BCUT2D eigenvalue weighted by atomic mass is 10.1. The molecule has 0 aliphatic rings. The Morgan fingerprint density at radius 3 is 2.91 bits per heavy atom. The quantitative estimate of drug-likeness (QED) is 0.612. The molecular formula is C18H17BrN2OS. The minimum atomic E-state index is -0.142. The Hall–Kier alpha value is -1.72. The van der Waals surface area contributed by atoms with Gasteiger partial charge in [-0.15, -0.1) is 0 Å². The Morgan fingerprint density at radius 1 is 1.26 bits per heavy atom. The third kappa shape index (κ3) is 3.98. The first-order valence-electron chi connectivity index (χ1n) is 7.62. The summed E-state index contributed by atoms with van der Waals surface area (Å²) in [5, 5.41) is 3.52. The molecule has 0 fully saturated rings. The molecule has 3 nitrogen and oxygen atoms in total. The summed E-state index contributed by atoms with van der Waals surface area (Å²) in [5.41, 5.74) is 2.87. The molecule has 1 heterocycles. The normalized spacial score (nSPS) is 10.9. The van der Waals surface area contributed by atoms with Gasteiger partial charge in [-0.2, -0.15) is 0 Å². The zero-order valence-electron chi connectivity index (χ0n) is 12.8. The number of halogens is 1. The number of carbonyl (C=O) groups excluding carboxylic acids is 1. The highest BCUT2D eigenvalue weighted by Crippen LogP contribution is 2.27. The van der Waals surface area contributed by atoms with E-state index in [4.69, 9.17) is 0 Å². The Labute approximate surface area is 147 Å². The first-order chi connectivity index (χ1) is 11.2. The molecule has 1 amide bonds. The fraction of sp³-hybridized carbons (Fsp3) is 0.222. The van der Waals surface area contributed by atoms with Crippen LogP contribution in [-0.2, 0) is 6.42 Å². The molecule has 1 aromatic heterocycles. The van der Waals surface area contributed by atoms with E-state index in [1.54, 1.807) is 12.1 Å². The largest absolute Gasteiger partial charge is 0.298 e. The van der Waals surface area contributed by atoms with Crippen molar-refractivity contribution in [1.82, 2.24) is 4.98 Å². The second-order valence-corrected chi connectivity index (χ2v) is 7.34. The lowest BCUT2D eigenvalue weighted by molar-refractivity contribution is 0.102. The maximum atomic E-state index is 12.3. The molecule has 0 saturated heterocycles. The molecule has 118 valence electrons. The van der Waals surface area contributed by atoms with Gasteiger partial charge in [0, 0.05) is 10.0 Å². The number of benzene rings is 2. The SMILES string of the molecule is CCCCc1ccc2nc(NC(=O)c3cccc(Br)c3)sc2c1. The maximum Gasteiger partial charge on any atom is 0.257 e. The summed E-state index contributed by atoms with van der Waals surface area (Å²) in [6.45, 7) is 2.20. The van der Waals surface area contributed by atoms with E-state index in [1.807, 2.05) is 18.2 Å². The van der Waals surface area contributed by atoms with Crippen LogP contribution in [0.5, 0.6) is 0 Å². The monoisotopic (exact) mass is 388 g/mol. The smallest absolute Gasteiger partial charge is 0.257 e. The van der Waals surface area contributed by atoms with E-state index in [0.29, 0.717) is 10.7 Å². The van der Waals surface area contributed by atoms with Gasteiger partial charge in [-0.3, -0.25) is 10.1 Å². The number of aromatic nitrogens is 1. The number of nitrogens with zero attached hydrogens (tertiary/aromatic N) is 1. The van der Waals surface area contributed by atoms with E-state index in [-0.39, 0.29) is 5.91 Å². The molecule has 0 spiro atoms. The fourth-order valence-electron chi connectivity index (χ4n) is 2.36. The topological polar surface area (TPSA) is 42.0 Å². The second-order valence-electron chi connectivity index (χ2n) is 5.39. The lowest BCUT2D eigenvalue weighted by Gasteiger charge is -2.01. The van der Waals surface area contributed by atoms with Gasteiger partial charge in [-0.25, -0.2) is 4.98 Å². The van der Waals surface area contributed by atoms with Gasteiger partial charge in [0.15, 0.2) is 5.13 Å². The Morgan fingerprint density at radius 2 is 2.13 bits per heavy atom. The number of hydrogen-bond acceptors (Lipinski definition) is 3. The predicted octanol–water partition coefficient (Wildman–Crippen LogP) is 5.65. The molecule has 0 unspecified atom stereocenters. The Balaban J connectivity index is 1.79. The molecule has 2 aromatic carbocycles. The molecule has 0 aliphatic carbocycles. The molecule has 3 rings (SSSR count). The van der Waals surface area contributed by atoms with Crippen LogP contribution in [0.2, 0.25) is 0 Å². The summed E-state index contributed by atoms with van der Waals surface area (Å²) in [6.07, 6.45) is 3.47. The third-order valence-corrected chi connectivity index (χ3v) is 5.01. The first-order valence-corrected chi connectivity index (χ1v) is 9.23. The lowest BCUT2D eigenvalue weighted by Crippen LogP contribution is -2.11. The highest BCUT2D eigenvalue weighted by atomic mass is 79.9. The van der Waals surface area contributed by atoms with Crippen molar-refractivity contribution >= 4 is 48.5 Å². The van der Waals surface area contributed by atoms with Crippen LogP contribution in [0.4, 0.5) is 5.13 Å². The zero-order valence-corrected chi connectivity index (χ0v) is 15.2. The average Bonchev–Trinajstić information content (AvgIpc) is 2.94. The Kier molecular flexibility index (Phi) is 5.08. The molecule has 0 aliphatic heterocycles. The van der Waals surface area contributed by atoms with Crippen LogP contribution in [0.1, 0.15) is 35.7 Å². The van der Waals surface area contributed by atoms with Crippen molar-refractivity contribution in [3.63, 3.8) is 0 Å². The molecule has 23 heavy (non-hydrogen) atoms. The third-order valence-electron chi connectivity index (χ3n) is 3.58. The molecule has 0 atom stereocenters. The number of carbonyl (C=O) groups is 1. The number of amides is 1. The predicted molar refractivity (Wildman–Crippen MR) is 100 cm³/mol. The number of unbranched alkanes of at least 4 members (excludes halogenated alkanes) is 1. The fourth-order valence-corrected chi connectivity index (χ4v) is 3.68. The molecular weight excluding hydrogens is 372 g/mol. The summed E-state index contributed by atoms with van der Waals surface area (Å²) < 4.78 is 2.00. The number of hydrogen-bond donors (Lipinski definition) is 1. The van der Waals surface area contributed by atoms with E-state index in [9.17, 15) is 4.79 Å². The van der Waals surface area contributed by atoms with Crippen molar-refractivity contribution < 1.29 is 4.79 Å². The van der Waals surface area contributed by atoms with Crippen molar-refractivity contribution in [3.05, 3.63) is 58.1 Å². The van der Waals surface area contributed by atoms with E-state index >= 15 is 0 Å². The minimum Gasteiger partial charge on any atom is -0.298 e. The standard InChI is InChI=1S/C18H17BrN2OS/c1-2-3-5-12-8-9-15-16(10-12)23-18(20-15)21-17(22)13-6-4-7-14(19)11-13/h4,6-11H,2-3,5H2,1H3,(H,20,21,22). The van der Waals surface area contributed by atoms with Gasteiger partial charge in [0.2, 0.25) is 0 Å². The van der Waals surface area contributed by atoms with E-state index in [0.717, 1.165) is 21.1 Å². The van der Waals surface area contributed by atoms with Gasteiger partial charge in [-0.1, -0.05) is 52.7 Å². The number of aryl methyl sites for hydroxylation is 1. The van der Waals surface area contributed by atoms with Crippen molar-refractivity contribution in [3.8, 4) is 0 Å². The van der Waals surface area contributed by atoms with Gasteiger partial charge in [0.05, 0.1) is 10.2 Å². The molecule has 1 N–H and O–H groups in total. The molecule has 0 saturated carbocycles. The van der Waals surface area contributed by atoms with Crippen LogP contribution in [0.25, 0.3) is 10.2 Å². The van der Waals surface area contributed by atoms with Crippen molar-refractivity contribution in [2.75, 3.05) is 5.32 Å². The second kappa shape index (κ2) is 7.23. The van der Waals surface area contributed by atoms with Gasteiger partial charge in [-0.05, 0) is 48.7 Å². The van der Waals surface area contributed by atoms with Crippen LogP contribution in [0.15, 0.2) is 46.9 Å². The number of thiazole rings is 1. The van der Waals surface area contributed by atoms with Gasteiger partial charge < -0.3 is 0 Å². The molecule has 5 heteroatoms. The van der Waals surface area contributed by atoms with Gasteiger partial charge >= 0.3 is 0 Å². The van der Waals surface area contributed by atoms with E-state index in [1.165, 1.54) is 29.7 Å². The number of fused-ring (bicyclic) bond motifs is 1. The summed E-state index contributed by atoms with van der Waals surface area (Å²) in [4.78, 5) is 16.8. The zero-order chi connectivity index (χ0) is 16.2. The summed E-state index contributed by atoms with van der Waals surface area (Å²) in [6, 6.07) is 13.7. The van der Waals surface area contributed by atoms with E-state index in [2.05, 4.69) is 45.3 Å². The van der Waals surface area contributed by atoms with Gasteiger partial charge in [0.25, 0.3) is 5.91 Å². The first kappa shape index (κ1) is 16.1. The van der Waals surface area contributed by atoms with Crippen LogP contribution in [0, 0.1) is 0 Å². The van der Waals surface area contributed by atoms with Crippen molar-refractivity contribution in [2.24, 2.45) is 0 Å². The van der Waals surface area contributed by atoms with Gasteiger partial charge in [0.1, 0.15) is 0 Å². The molecule has 0 radical (unpaired) electrons.